The number of nitrogen functional groups attached to an aromatic ring is 1. The molecule has 0 spiro atoms. The normalized spacial score (nSPS) is 10.3. The van der Waals surface area contributed by atoms with Crippen molar-refractivity contribution in [3.63, 3.8) is 0 Å². The van der Waals surface area contributed by atoms with Gasteiger partial charge in [0, 0.05) is 5.02 Å². The third kappa shape index (κ3) is 3.95. The first-order valence-corrected chi connectivity index (χ1v) is 6.11. The van der Waals surface area contributed by atoms with Crippen LogP contribution >= 0.6 is 11.6 Å². The summed E-state index contributed by atoms with van der Waals surface area (Å²) in [4.78, 5) is 12.8. The molecule has 106 valence electrons. The number of nitrogens with two attached hydrogens (primary N) is 1. The highest BCUT2D eigenvalue weighted by molar-refractivity contribution is 6.30. The van der Waals surface area contributed by atoms with Gasteiger partial charge >= 0.3 is 0 Å². The topological polar surface area (TPSA) is 103 Å². The number of benzene rings is 1. The first-order chi connectivity index (χ1) is 9.69. The number of anilines is 2. The van der Waals surface area contributed by atoms with Crippen LogP contribution < -0.4 is 16.0 Å². The molecule has 0 radical (unpaired) electrons. The van der Waals surface area contributed by atoms with Gasteiger partial charge in [-0.25, -0.2) is 10.5 Å². The first kappa shape index (κ1) is 14.3. The fraction of sp³-hybridized carbons (Fsp3) is 0.167. The molecule has 0 bridgehead atoms. The van der Waals surface area contributed by atoms with E-state index in [0.29, 0.717) is 16.5 Å². The van der Waals surface area contributed by atoms with Crippen LogP contribution in [0.15, 0.2) is 30.5 Å². The fourth-order valence-electron chi connectivity index (χ4n) is 1.33. The monoisotopic (exact) mass is 296 g/mol. The summed E-state index contributed by atoms with van der Waals surface area (Å²) in [6.45, 7) is -0.0226. The van der Waals surface area contributed by atoms with E-state index in [0.717, 1.165) is 0 Å². The molecule has 0 amide bonds. The molecule has 0 aliphatic rings. The van der Waals surface area contributed by atoms with Crippen LogP contribution in [0.1, 0.15) is 0 Å². The molecule has 0 saturated carbocycles. The fourth-order valence-corrected chi connectivity index (χ4v) is 1.45. The van der Waals surface area contributed by atoms with Crippen LogP contribution in [0.5, 0.6) is 11.5 Å². The molecule has 0 aliphatic carbocycles. The third-order valence-electron chi connectivity index (χ3n) is 2.18. The minimum Gasteiger partial charge on any atom is -0.452 e. The lowest BCUT2D eigenvalue weighted by atomic mass is 10.3. The SMILES string of the molecule is Nc1ncc(Oc2ccc(Cl)cc2)c(NOCCO)n1. The number of hydrogen-bond acceptors (Lipinski definition) is 7. The van der Waals surface area contributed by atoms with Crippen molar-refractivity contribution in [2.75, 3.05) is 24.4 Å². The Hall–Kier alpha value is -2.09. The summed E-state index contributed by atoms with van der Waals surface area (Å²) >= 11 is 5.80. The highest BCUT2D eigenvalue weighted by Gasteiger charge is 2.09. The van der Waals surface area contributed by atoms with Gasteiger partial charge < -0.3 is 15.6 Å². The number of aliphatic hydroxyl groups excluding tert-OH is 1. The minimum atomic E-state index is -0.124. The van der Waals surface area contributed by atoms with Crippen molar-refractivity contribution in [1.82, 2.24) is 9.97 Å². The molecule has 1 aromatic carbocycles. The number of aliphatic hydroxyl groups is 1. The Morgan fingerprint density at radius 1 is 1.30 bits per heavy atom. The van der Waals surface area contributed by atoms with Crippen LogP contribution in [0.2, 0.25) is 5.02 Å². The number of rotatable bonds is 6. The van der Waals surface area contributed by atoms with Gasteiger partial charge in [-0.2, -0.15) is 4.98 Å². The molecule has 2 rings (SSSR count). The van der Waals surface area contributed by atoms with Crippen LogP contribution in [0.3, 0.4) is 0 Å². The molecule has 0 fully saturated rings. The average molecular weight is 297 g/mol. The molecular formula is C12H13ClN4O3. The van der Waals surface area contributed by atoms with Crippen LogP contribution in [-0.4, -0.2) is 28.3 Å². The van der Waals surface area contributed by atoms with E-state index in [1.807, 2.05) is 0 Å². The third-order valence-corrected chi connectivity index (χ3v) is 2.43. The smallest absolute Gasteiger partial charge is 0.222 e. The predicted octanol–water partition coefficient (Wildman–Crippen LogP) is 1.84. The van der Waals surface area contributed by atoms with Gasteiger partial charge in [-0.1, -0.05) is 11.6 Å². The molecule has 0 saturated heterocycles. The second-order valence-corrected chi connectivity index (χ2v) is 4.11. The standard InChI is InChI=1S/C12H13ClN4O3/c13-8-1-3-9(4-2-8)20-10-7-15-12(14)16-11(10)17-19-6-5-18/h1-4,7,18H,5-6H2,(H3,14,15,16,17). The van der Waals surface area contributed by atoms with E-state index in [9.17, 15) is 0 Å². The summed E-state index contributed by atoms with van der Waals surface area (Å²) in [5.74, 6) is 1.23. The summed E-state index contributed by atoms with van der Waals surface area (Å²) in [5.41, 5.74) is 8.05. The van der Waals surface area contributed by atoms with Gasteiger partial charge in [0.05, 0.1) is 19.4 Å². The summed E-state index contributed by atoms with van der Waals surface area (Å²) < 4.78 is 5.61. The van der Waals surface area contributed by atoms with Crippen LogP contribution in [-0.2, 0) is 4.84 Å². The minimum absolute atomic E-state index is 0.0727. The molecule has 1 aromatic heterocycles. The van der Waals surface area contributed by atoms with Gasteiger partial charge in [-0.05, 0) is 24.3 Å². The predicted molar refractivity (Wildman–Crippen MR) is 74.6 cm³/mol. The molecule has 2 aromatic rings. The highest BCUT2D eigenvalue weighted by Crippen LogP contribution is 2.28. The van der Waals surface area contributed by atoms with Gasteiger partial charge in [0.1, 0.15) is 5.75 Å². The summed E-state index contributed by atoms with van der Waals surface area (Å²) in [7, 11) is 0. The Kier molecular flexibility index (Phi) is 4.94. The van der Waals surface area contributed by atoms with Crippen LogP contribution in [0.25, 0.3) is 0 Å². The number of aromatic nitrogens is 2. The lowest BCUT2D eigenvalue weighted by molar-refractivity contribution is 0.131. The molecule has 0 aliphatic heterocycles. The van der Waals surface area contributed by atoms with Crippen molar-refractivity contribution in [2.45, 2.75) is 0 Å². The molecule has 7 nitrogen and oxygen atoms in total. The largest absolute Gasteiger partial charge is 0.452 e. The number of ether oxygens (including phenoxy) is 1. The van der Waals surface area contributed by atoms with Gasteiger partial charge in [0.25, 0.3) is 0 Å². The first-order valence-electron chi connectivity index (χ1n) is 5.73. The number of halogens is 1. The molecule has 8 heteroatoms. The van der Waals surface area contributed by atoms with E-state index in [1.54, 1.807) is 24.3 Å². The van der Waals surface area contributed by atoms with Gasteiger partial charge in [-0.15, -0.1) is 0 Å². The second kappa shape index (κ2) is 6.90. The Morgan fingerprint density at radius 3 is 2.75 bits per heavy atom. The van der Waals surface area contributed by atoms with Crippen molar-refractivity contribution in [1.29, 1.82) is 0 Å². The van der Waals surface area contributed by atoms with E-state index < -0.39 is 0 Å². The molecule has 0 atom stereocenters. The Balaban J connectivity index is 2.15. The van der Waals surface area contributed by atoms with E-state index in [2.05, 4.69) is 15.4 Å². The molecule has 4 N–H and O–H groups in total. The van der Waals surface area contributed by atoms with Crippen LogP contribution in [0.4, 0.5) is 11.8 Å². The number of nitrogens with zero attached hydrogens (tertiary/aromatic N) is 2. The molecular weight excluding hydrogens is 284 g/mol. The van der Waals surface area contributed by atoms with Crippen LogP contribution in [0, 0.1) is 0 Å². The van der Waals surface area contributed by atoms with Gasteiger partial charge in [0.2, 0.25) is 5.95 Å². The van der Waals surface area contributed by atoms with Crippen molar-refractivity contribution < 1.29 is 14.7 Å². The van der Waals surface area contributed by atoms with E-state index in [4.69, 9.17) is 32.0 Å². The molecule has 20 heavy (non-hydrogen) atoms. The van der Waals surface area contributed by atoms with Gasteiger partial charge in [-0.3, -0.25) is 4.84 Å². The Bertz CT molecular complexity index is 565. The zero-order valence-corrected chi connectivity index (χ0v) is 11.2. The summed E-state index contributed by atoms with van der Waals surface area (Å²) in [6.07, 6.45) is 1.42. The lowest BCUT2D eigenvalue weighted by Crippen LogP contribution is -2.09. The van der Waals surface area contributed by atoms with E-state index in [1.165, 1.54) is 6.20 Å². The quantitative estimate of drug-likeness (QED) is 0.552. The second-order valence-electron chi connectivity index (χ2n) is 3.67. The van der Waals surface area contributed by atoms with E-state index in [-0.39, 0.29) is 25.0 Å². The van der Waals surface area contributed by atoms with Crippen molar-refractivity contribution in [3.8, 4) is 11.5 Å². The van der Waals surface area contributed by atoms with Gasteiger partial charge in [0.15, 0.2) is 11.6 Å². The molecule has 1 heterocycles. The number of nitrogens with one attached hydrogen (secondary N) is 1. The maximum absolute atomic E-state index is 8.66. The lowest BCUT2D eigenvalue weighted by Gasteiger charge is -2.11. The van der Waals surface area contributed by atoms with Crippen molar-refractivity contribution in [3.05, 3.63) is 35.5 Å². The zero-order valence-electron chi connectivity index (χ0n) is 10.4. The summed E-state index contributed by atoms with van der Waals surface area (Å²) in [5, 5.41) is 9.27. The van der Waals surface area contributed by atoms with Crippen molar-refractivity contribution >= 4 is 23.4 Å². The highest BCUT2D eigenvalue weighted by atomic mass is 35.5. The maximum Gasteiger partial charge on any atom is 0.222 e. The maximum atomic E-state index is 8.66. The number of hydrogen-bond donors (Lipinski definition) is 3. The van der Waals surface area contributed by atoms with Crippen molar-refractivity contribution in [2.24, 2.45) is 0 Å². The zero-order chi connectivity index (χ0) is 14.4. The summed E-state index contributed by atoms with van der Waals surface area (Å²) in [6, 6.07) is 6.81. The Labute approximate surface area is 120 Å². The molecule has 0 unspecified atom stereocenters. The van der Waals surface area contributed by atoms with E-state index >= 15 is 0 Å². The average Bonchev–Trinajstić information content (AvgIpc) is 2.44. The Morgan fingerprint density at radius 2 is 2.05 bits per heavy atom.